The normalized spacial score (nSPS) is 12.0. The van der Waals surface area contributed by atoms with E-state index in [9.17, 15) is 0 Å². The van der Waals surface area contributed by atoms with Gasteiger partial charge in [-0.3, -0.25) is 0 Å². The highest BCUT2D eigenvalue weighted by atomic mass is 35.5. The van der Waals surface area contributed by atoms with Crippen molar-refractivity contribution in [1.29, 1.82) is 0 Å². The molecule has 5 heteroatoms. The Hall–Kier alpha value is -1.81. The fourth-order valence-corrected chi connectivity index (χ4v) is 1.98. The Balaban J connectivity index is 1.88. The Morgan fingerprint density at radius 2 is 1.90 bits per heavy atom. The highest BCUT2D eigenvalue weighted by Crippen LogP contribution is 2.13. The van der Waals surface area contributed by atoms with Crippen LogP contribution in [0.2, 0.25) is 5.28 Å². The molecule has 106 valence electrons. The minimum absolute atomic E-state index is 0.113. The Labute approximate surface area is 124 Å². The first kappa shape index (κ1) is 14.6. The van der Waals surface area contributed by atoms with Gasteiger partial charge in [-0.1, -0.05) is 17.7 Å². The number of aryl methyl sites for hydroxylation is 2. The number of hydrogen-bond acceptors (Lipinski definition) is 4. The summed E-state index contributed by atoms with van der Waals surface area (Å²) in [5.74, 6) is 1.57. The molecule has 20 heavy (non-hydrogen) atoms. The first-order valence-corrected chi connectivity index (χ1v) is 6.88. The Kier molecular flexibility index (Phi) is 4.79. The van der Waals surface area contributed by atoms with Crippen LogP contribution in [-0.4, -0.2) is 22.6 Å². The molecule has 0 amide bonds. The average Bonchev–Trinajstić information content (AvgIpc) is 2.37. The lowest BCUT2D eigenvalue weighted by Crippen LogP contribution is -2.24. The highest BCUT2D eigenvalue weighted by molar-refractivity contribution is 6.28. The second-order valence-corrected chi connectivity index (χ2v) is 5.17. The minimum Gasteiger partial charge on any atom is -0.491 e. The number of anilines is 1. The van der Waals surface area contributed by atoms with Crippen LogP contribution < -0.4 is 10.1 Å². The molecule has 1 unspecified atom stereocenters. The molecule has 0 spiro atoms. The van der Waals surface area contributed by atoms with Gasteiger partial charge >= 0.3 is 0 Å². The molecule has 2 aromatic rings. The lowest BCUT2D eigenvalue weighted by molar-refractivity contribution is 0.303. The van der Waals surface area contributed by atoms with Crippen LogP contribution in [0.25, 0.3) is 0 Å². The van der Waals surface area contributed by atoms with Gasteiger partial charge in [-0.25, -0.2) is 9.97 Å². The molecule has 1 aromatic heterocycles. The Morgan fingerprint density at radius 3 is 2.55 bits per heavy atom. The van der Waals surface area contributed by atoms with Crippen molar-refractivity contribution in [3.8, 4) is 5.75 Å². The molecule has 0 aliphatic heterocycles. The number of nitrogens with one attached hydrogen (secondary N) is 1. The standard InChI is InChI=1S/C15H18ClN3O/c1-10-4-6-13(7-5-10)20-9-12(3)17-14-8-11(2)18-15(16)19-14/h4-8,12H,9H2,1-3H3,(H,17,18,19). The van der Waals surface area contributed by atoms with Gasteiger partial charge in [-0.15, -0.1) is 0 Å². The molecule has 1 atom stereocenters. The monoisotopic (exact) mass is 291 g/mol. The van der Waals surface area contributed by atoms with Crippen molar-refractivity contribution in [3.05, 3.63) is 46.9 Å². The van der Waals surface area contributed by atoms with E-state index >= 15 is 0 Å². The largest absolute Gasteiger partial charge is 0.491 e. The summed E-state index contributed by atoms with van der Waals surface area (Å²) in [6.45, 7) is 6.50. The molecule has 4 nitrogen and oxygen atoms in total. The van der Waals surface area contributed by atoms with Crippen molar-refractivity contribution < 1.29 is 4.74 Å². The summed E-state index contributed by atoms with van der Waals surface area (Å²) >= 11 is 5.83. The fourth-order valence-electron chi connectivity index (χ4n) is 1.76. The third-order valence-corrected chi connectivity index (χ3v) is 2.91. The summed E-state index contributed by atoms with van der Waals surface area (Å²) in [6, 6.07) is 9.96. The van der Waals surface area contributed by atoms with Crippen molar-refractivity contribution in [3.63, 3.8) is 0 Å². The number of benzene rings is 1. The summed E-state index contributed by atoms with van der Waals surface area (Å²) in [7, 11) is 0. The van der Waals surface area contributed by atoms with Gasteiger partial charge in [0, 0.05) is 11.8 Å². The molecular formula is C15H18ClN3O. The zero-order valence-corrected chi connectivity index (χ0v) is 12.6. The number of rotatable bonds is 5. The first-order valence-electron chi connectivity index (χ1n) is 6.50. The van der Waals surface area contributed by atoms with Gasteiger partial charge in [-0.05, 0) is 44.5 Å². The van der Waals surface area contributed by atoms with Gasteiger partial charge in [0.15, 0.2) is 0 Å². The van der Waals surface area contributed by atoms with E-state index in [0.717, 1.165) is 11.4 Å². The van der Waals surface area contributed by atoms with Gasteiger partial charge in [0.2, 0.25) is 5.28 Å². The summed E-state index contributed by atoms with van der Waals surface area (Å²) in [4.78, 5) is 8.15. The highest BCUT2D eigenvalue weighted by Gasteiger charge is 2.06. The van der Waals surface area contributed by atoms with Gasteiger partial charge in [0.1, 0.15) is 18.2 Å². The fraction of sp³-hybridized carbons (Fsp3) is 0.333. The van der Waals surface area contributed by atoms with E-state index in [4.69, 9.17) is 16.3 Å². The predicted molar refractivity (Wildman–Crippen MR) is 81.5 cm³/mol. The summed E-state index contributed by atoms with van der Waals surface area (Å²) in [6.07, 6.45) is 0. The maximum absolute atomic E-state index is 5.83. The predicted octanol–water partition coefficient (Wildman–Crippen LogP) is 3.63. The van der Waals surface area contributed by atoms with E-state index < -0.39 is 0 Å². The van der Waals surface area contributed by atoms with Crippen LogP contribution >= 0.6 is 11.6 Å². The molecule has 0 fully saturated rings. The minimum atomic E-state index is 0.113. The van der Waals surface area contributed by atoms with Crippen molar-refractivity contribution in [1.82, 2.24) is 9.97 Å². The molecule has 1 heterocycles. The van der Waals surface area contributed by atoms with Gasteiger partial charge in [-0.2, -0.15) is 0 Å². The lowest BCUT2D eigenvalue weighted by atomic mass is 10.2. The molecular weight excluding hydrogens is 274 g/mol. The maximum atomic E-state index is 5.83. The molecule has 0 aliphatic carbocycles. The number of hydrogen-bond donors (Lipinski definition) is 1. The topological polar surface area (TPSA) is 47.0 Å². The molecule has 2 rings (SSSR count). The maximum Gasteiger partial charge on any atom is 0.224 e. The van der Waals surface area contributed by atoms with Crippen molar-refractivity contribution in [2.45, 2.75) is 26.8 Å². The number of aromatic nitrogens is 2. The summed E-state index contributed by atoms with van der Waals surface area (Å²) < 4.78 is 5.72. The van der Waals surface area contributed by atoms with Crippen LogP contribution in [0.1, 0.15) is 18.2 Å². The smallest absolute Gasteiger partial charge is 0.224 e. The van der Waals surface area contributed by atoms with Crippen LogP contribution in [0.4, 0.5) is 5.82 Å². The van der Waals surface area contributed by atoms with Crippen LogP contribution in [-0.2, 0) is 0 Å². The lowest BCUT2D eigenvalue weighted by Gasteiger charge is -2.16. The Bertz CT molecular complexity index is 552. The van der Waals surface area contributed by atoms with E-state index in [1.165, 1.54) is 5.56 Å². The van der Waals surface area contributed by atoms with E-state index in [-0.39, 0.29) is 11.3 Å². The first-order chi connectivity index (χ1) is 9.52. The molecule has 0 saturated heterocycles. The zero-order valence-electron chi connectivity index (χ0n) is 11.9. The third-order valence-electron chi connectivity index (χ3n) is 2.74. The summed E-state index contributed by atoms with van der Waals surface area (Å²) in [5, 5.41) is 3.49. The summed E-state index contributed by atoms with van der Waals surface area (Å²) in [5.41, 5.74) is 2.05. The molecule has 0 saturated carbocycles. The van der Waals surface area contributed by atoms with Crippen LogP contribution in [0.5, 0.6) is 5.75 Å². The van der Waals surface area contributed by atoms with Crippen molar-refractivity contribution in [2.75, 3.05) is 11.9 Å². The van der Waals surface area contributed by atoms with E-state index in [1.54, 1.807) is 0 Å². The van der Waals surface area contributed by atoms with Crippen LogP contribution in [0, 0.1) is 13.8 Å². The molecule has 0 bridgehead atoms. The van der Waals surface area contributed by atoms with Gasteiger partial charge in [0.05, 0.1) is 6.04 Å². The zero-order chi connectivity index (χ0) is 14.5. The van der Waals surface area contributed by atoms with Gasteiger partial charge < -0.3 is 10.1 Å². The quantitative estimate of drug-likeness (QED) is 0.855. The Morgan fingerprint density at radius 1 is 1.20 bits per heavy atom. The molecule has 0 radical (unpaired) electrons. The number of halogens is 1. The average molecular weight is 292 g/mol. The third kappa shape index (κ3) is 4.38. The second kappa shape index (κ2) is 6.57. The van der Waals surface area contributed by atoms with Gasteiger partial charge in [0.25, 0.3) is 0 Å². The van der Waals surface area contributed by atoms with Crippen molar-refractivity contribution >= 4 is 17.4 Å². The SMILES string of the molecule is Cc1ccc(OCC(C)Nc2cc(C)nc(Cl)n2)cc1. The second-order valence-electron chi connectivity index (χ2n) is 4.83. The van der Waals surface area contributed by atoms with E-state index in [2.05, 4.69) is 22.2 Å². The molecule has 0 aliphatic rings. The number of ether oxygens (including phenoxy) is 1. The molecule has 1 N–H and O–H groups in total. The number of nitrogens with zero attached hydrogens (tertiary/aromatic N) is 2. The van der Waals surface area contributed by atoms with E-state index in [0.29, 0.717) is 12.4 Å². The van der Waals surface area contributed by atoms with Crippen LogP contribution in [0.15, 0.2) is 30.3 Å². The van der Waals surface area contributed by atoms with E-state index in [1.807, 2.05) is 44.2 Å². The van der Waals surface area contributed by atoms with Crippen LogP contribution in [0.3, 0.4) is 0 Å². The molecule has 1 aromatic carbocycles. The van der Waals surface area contributed by atoms with Crippen molar-refractivity contribution in [2.24, 2.45) is 0 Å².